The molecule has 6 heteroatoms. The number of halogens is 2. The SMILES string of the molecule is CC(N/C=C(/C#N)C(=O)Nc1ccc(Cl)c(Cl)c1)C1CC2CCC1C2. The van der Waals surface area contributed by atoms with Crippen molar-refractivity contribution in [2.24, 2.45) is 17.8 Å². The zero-order valence-electron chi connectivity index (χ0n) is 14.1. The molecule has 0 aliphatic heterocycles. The first-order valence-corrected chi connectivity index (χ1v) is 9.36. The number of rotatable bonds is 5. The second kappa shape index (κ2) is 7.68. The Balaban J connectivity index is 1.60. The van der Waals surface area contributed by atoms with Crippen molar-refractivity contribution in [3.63, 3.8) is 0 Å². The first kappa shape index (κ1) is 18.1. The van der Waals surface area contributed by atoms with E-state index in [1.165, 1.54) is 31.9 Å². The Bertz CT molecular complexity index is 741. The van der Waals surface area contributed by atoms with Crippen molar-refractivity contribution in [2.45, 2.75) is 38.6 Å². The Morgan fingerprint density at radius 3 is 2.72 bits per heavy atom. The van der Waals surface area contributed by atoms with E-state index in [1.807, 2.05) is 6.07 Å². The Hall–Kier alpha value is -1.70. The van der Waals surface area contributed by atoms with Crippen LogP contribution in [0.4, 0.5) is 5.69 Å². The third-order valence-corrected chi connectivity index (χ3v) is 6.21. The zero-order valence-corrected chi connectivity index (χ0v) is 15.6. The number of carbonyl (C=O) groups excluding carboxylic acids is 1. The number of fused-ring (bicyclic) bond motifs is 2. The highest BCUT2D eigenvalue weighted by Crippen LogP contribution is 2.49. The van der Waals surface area contributed by atoms with Crippen LogP contribution in [0.1, 0.15) is 32.6 Å². The summed E-state index contributed by atoms with van der Waals surface area (Å²) in [7, 11) is 0. The van der Waals surface area contributed by atoms with Crippen LogP contribution in [0.5, 0.6) is 0 Å². The van der Waals surface area contributed by atoms with Crippen LogP contribution in [0, 0.1) is 29.1 Å². The fourth-order valence-corrected chi connectivity index (χ4v) is 4.46. The van der Waals surface area contributed by atoms with E-state index < -0.39 is 5.91 Å². The number of nitrogens with zero attached hydrogens (tertiary/aromatic N) is 1. The normalized spacial score (nSPS) is 26.2. The van der Waals surface area contributed by atoms with E-state index in [0.29, 0.717) is 21.7 Å². The van der Waals surface area contributed by atoms with Gasteiger partial charge in [0.25, 0.3) is 5.91 Å². The van der Waals surface area contributed by atoms with Crippen LogP contribution >= 0.6 is 23.2 Å². The summed E-state index contributed by atoms with van der Waals surface area (Å²) in [5, 5.41) is 16.0. The van der Waals surface area contributed by atoms with Gasteiger partial charge in [0.1, 0.15) is 11.6 Å². The van der Waals surface area contributed by atoms with Crippen LogP contribution in [0.3, 0.4) is 0 Å². The summed E-state index contributed by atoms with van der Waals surface area (Å²) in [6.07, 6.45) is 6.80. The number of carbonyl (C=O) groups is 1. The molecule has 0 heterocycles. The van der Waals surface area contributed by atoms with Crippen LogP contribution in [0.2, 0.25) is 10.0 Å². The smallest absolute Gasteiger partial charge is 0.267 e. The second-order valence-electron chi connectivity index (χ2n) is 7.05. The van der Waals surface area contributed by atoms with Crippen LogP contribution in [0.25, 0.3) is 0 Å². The van der Waals surface area contributed by atoms with E-state index in [0.717, 1.165) is 11.8 Å². The Morgan fingerprint density at radius 2 is 2.12 bits per heavy atom. The molecule has 25 heavy (non-hydrogen) atoms. The van der Waals surface area contributed by atoms with Crippen molar-refractivity contribution >= 4 is 34.8 Å². The zero-order chi connectivity index (χ0) is 18.0. The third kappa shape index (κ3) is 4.11. The van der Waals surface area contributed by atoms with Crippen LogP contribution in [0.15, 0.2) is 30.0 Å². The monoisotopic (exact) mass is 377 g/mol. The van der Waals surface area contributed by atoms with Gasteiger partial charge in [-0.3, -0.25) is 4.79 Å². The lowest BCUT2D eigenvalue weighted by Gasteiger charge is -2.28. The van der Waals surface area contributed by atoms with Crippen molar-refractivity contribution < 1.29 is 4.79 Å². The van der Waals surface area contributed by atoms with Crippen molar-refractivity contribution in [1.29, 1.82) is 5.26 Å². The first-order chi connectivity index (χ1) is 12.0. The molecule has 2 saturated carbocycles. The van der Waals surface area contributed by atoms with Gasteiger partial charge in [0.15, 0.2) is 0 Å². The molecule has 2 bridgehead atoms. The van der Waals surface area contributed by atoms with E-state index in [-0.39, 0.29) is 11.6 Å². The average molecular weight is 378 g/mol. The molecule has 4 atom stereocenters. The molecule has 2 aliphatic carbocycles. The van der Waals surface area contributed by atoms with Gasteiger partial charge in [-0.2, -0.15) is 5.26 Å². The molecule has 0 radical (unpaired) electrons. The molecule has 3 rings (SSSR count). The van der Waals surface area contributed by atoms with Gasteiger partial charge in [-0.15, -0.1) is 0 Å². The predicted octanol–water partition coefficient (Wildman–Crippen LogP) is 4.75. The maximum absolute atomic E-state index is 12.3. The van der Waals surface area contributed by atoms with Gasteiger partial charge < -0.3 is 10.6 Å². The summed E-state index contributed by atoms with van der Waals surface area (Å²) >= 11 is 11.8. The third-order valence-electron chi connectivity index (χ3n) is 5.47. The highest BCUT2D eigenvalue weighted by molar-refractivity contribution is 6.42. The molecule has 0 aromatic heterocycles. The quantitative estimate of drug-likeness (QED) is 0.574. The summed E-state index contributed by atoms with van der Waals surface area (Å²) in [5.41, 5.74) is 0.544. The van der Waals surface area contributed by atoms with E-state index in [1.54, 1.807) is 18.2 Å². The summed E-state index contributed by atoms with van der Waals surface area (Å²) < 4.78 is 0. The molecule has 2 N–H and O–H groups in total. The van der Waals surface area contributed by atoms with Gasteiger partial charge in [0.05, 0.1) is 10.0 Å². The number of nitrogens with one attached hydrogen (secondary N) is 2. The van der Waals surface area contributed by atoms with Crippen LogP contribution in [-0.4, -0.2) is 11.9 Å². The Kier molecular flexibility index (Phi) is 5.56. The summed E-state index contributed by atoms with van der Waals surface area (Å²) in [5.74, 6) is 1.83. The minimum Gasteiger partial charge on any atom is -0.387 e. The molecule has 0 saturated heterocycles. The van der Waals surface area contributed by atoms with Crippen LogP contribution < -0.4 is 10.6 Å². The average Bonchev–Trinajstić information content (AvgIpc) is 3.22. The molecule has 1 amide bonds. The number of anilines is 1. The minimum absolute atomic E-state index is 0.0427. The molecule has 2 fully saturated rings. The van der Waals surface area contributed by atoms with Gasteiger partial charge in [-0.25, -0.2) is 0 Å². The standard InChI is InChI=1S/C19H21Cl2N3O/c1-11(16-7-12-2-3-13(16)6-12)23-10-14(9-22)19(25)24-15-4-5-17(20)18(21)8-15/h4-5,8,10-13,16,23H,2-3,6-7H2,1H3,(H,24,25)/b14-10-. The number of hydrogen-bond donors (Lipinski definition) is 2. The van der Waals surface area contributed by atoms with Gasteiger partial charge in [-0.05, 0) is 62.1 Å². The number of benzene rings is 1. The highest BCUT2D eigenvalue weighted by Gasteiger charge is 2.41. The van der Waals surface area contributed by atoms with Gasteiger partial charge >= 0.3 is 0 Å². The molecule has 2 aliphatic rings. The van der Waals surface area contributed by atoms with Crippen molar-refractivity contribution in [3.05, 3.63) is 40.0 Å². The number of hydrogen-bond acceptors (Lipinski definition) is 3. The summed E-state index contributed by atoms with van der Waals surface area (Å²) in [6.45, 7) is 2.13. The number of amides is 1. The van der Waals surface area contributed by atoms with E-state index >= 15 is 0 Å². The fraction of sp³-hybridized carbons (Fsp3) is 0.474. The lowest BCUT2D eigenvalue weighted by atomic mass is 9.84. The lowest BCUT2D eigenvalue weighted by molar-refractivity contribution is -0.112. The van der Waals surface area contributed by atoms with Crippen molar-refractivity contribution in [3.8, 4) is 6.07 Å². The van der Waals surface area contributed by atoms with Gasteiger partial charge in [-0.1, -0.05) is 29.6 Å². The topological polar surface area (TPSA) is 64.9 Å². The van der Waals surface area contributed by atoms with Crippen molar-refractivity contribution in [1.82, 2.24) is 5.32 Å². The second-order valence-corrected chi connectivity index (χ2v) is 7.86. The predicted molar refractivity (Wildman–Crippen MR) is 100 cm³/mol. The molecule has 4 nitrogen and oxygen atoms in total. The Morgan fingerprint density at radius 1 is 1.32 bits per heavy atom. The molecule has 1 aromatic carbocycles. The number of nitriles is 1. The van der Waals surface area contributed by atoms with E-state index in [2.05, 4.69) is 17.6 Å². The first-order valence-electron chi connectivity index (χ1n) is 8.60. The molecular weight excluding hydrogens is 357 g/mol. The minimum atomic E-state index is -0.464. The maximum atomic E-state index is 12.3. The van der Waals surface area contributed by atoms with Gasteiger partial charge in [0, 0.05) is 17.9 Å². The van der Waals surface area contributed by atoms with Crippen molar-refractivity contribution in [2.75, 3.05) is 5.32 Å². The maximum Gasteiger partial charge on any atom is 0.267 e. The summed E-state index contributed by atoms with van der Waals surface area (Å²) in [4.78, 5) is 12.3. The van der Waals surface area contributed by atoms with E-state index in [9.17, 15) is 10.1 Å². The lowest BCUT2D eigenvalue weighted by Crippen LogP contribution is -2.33. The van der Waals surface area contributed by atoms with E-state index in [4.69, 9.17) is 23.2 Å². The fourth-order valence-electron chi connectivity index (χ4n) is 4.17. The van der Waals surface area contributed by atoms with Gasteiger partial charge in [0.2, 0.25) is 0 Å². The summed E-state index contributed by atoms with van der Waals surface area (Å²) in [6, 6.07) is 7.02. The molecular formula is C19H21Cl2N3O. The van der Waals surface area contributed by atoms with Crippen LogP contribution in [-0.2, 0) is 4.79 Å². The molecule has 0 spiro atoms. The Labute approximate surface area is 158 Å². The highest BCUT2D eigenvalue weighted by atomic mass is 35.5. The molecule has 132 valence electrons. The largest absolute Gasteiger partial charge is 0.387 e. The molecule has 4 unspecified atom stereocenters. The molecule has 1 aromatic rings.